The van der Waals surface area contributed by atoms with Crippen molar-refractivity contribution in [3.8, 4) is 6.07 Å². The average Bonchev–Trinajstić information content (AvgIpc) is 3.01. The molecule has 0 N–H and O–H groups in total. The largest absolute Gasteiger partial charge is 0.383 e. The first-order chi connectivity index (χ1) is 12.0. The molecule has 1 amide bonds. The SMILES string of the molecule is COCCN1CCCC2(CCN(c3cc(C)c(C#N)c(C)n3)C2)C1=O. The van der Waals surface area contributed by atoms with E-state index in [1.54, 1.807) is 7.11 Å². The molecule has 0 radical (unpaired) electrons. The standard InChI is InChI=1S/C19H26N4O2/c1-14-11-17(21-15(2)16(14)12-20)23-8-6-19(13-23)5-4-7-22(18(19)24)9-10-25-3/h11H,4-10,13H2,1-3H3. The smallest absolute Gasteiger partial charge is 0.230 e. The van der Waals surface area contributed by atoms with Gasteiger partial charge in [0.05, 0.1) is 23.3 Å². The second-order valence-electron chi connectivity index (χ2n) is 7.21. The Hall–Kier alpha value is -2.13. The number of methoxy groups -OCH3 is 1. The first-order valence-electron chi connectivity index (χ1n) is 8.92. The number of hydrogen-bond acceptors (Lipinski definition) is 5. The molecule has 6 heteroatoms. The van der Waals surface area contributed by atoms with Gasteiger partial charge in [0.25, 0.3) is 0 Å². The number of nitrogens with zero attached hydrogens (tertiary/aromatic N) is 4. The molecule has 1 aromatic heterocycles. The summed E-state index contributed by atoms with van der Waals surface area (Å²) in [5.74, 6) is 1.15. The Morgan fingerprint density at radius 3 is 2.84 bits per heavy atom. The molecule has 0 aliphatic carbocycles. The fourth-order valence-corrected chi connectivity index (χ4v) is 4.16. The number of aryl methyl sites for hydroxylation is 2. The predicted octanol–water partition coefficient (Wildman–Crippen LogP) is 2.04. The first-order valence-corrected chi connectivity index (χ1v) is 8.92. The highest BCUT2D eigenvalue weighted by Crippen LogP contribution is 2.41. The summed E-state index contributed by atoms with van der Waals surface area (Å²) >= 11 is 0. The minimum atomic E-state index is -0.288. The maximum absolute atomic E-state index is 13.0. The van der Waals surface area contributed by atoms with E-state index >= 15 is 0 Å². The van der Waals surface area contributed by atoms with Crippen molar-refractivity contribution in [3.63, 3.8) is 0 Å². The number of rotatable bonds is 4. The van der Waals surface area contributed by atoms with Gasteiger partial charge in [0.2, 0.25) is 5.91 Å². The van der Waals surface area contributed by atoms with Crippen molar-refractivity contribution in [3.05, 3.63) is 22.9 Å². The van der Waals surface area contributed by atoms with E-state index in [0.717, 1.165) is 49.4 Å². The molecule has 1 unspecified atom stereocenters. The summed E-state index contributed by atoms with van der Waals surface area (Å²) in [5, 5.41) is 9.22. The van der Waals surface area contributed by atoms with E-state index in [4.69, 9.17) is 4.74 Å². The molecule has 0 saturated carbocycles. The highest BCUT2D eigenvalue weighted by molar-refractivity contribution is 5.85. The van der Waals surface area contributed by atoms with Crippen molar-refractivity contribution in [2.75, 3.05) is 44.8 Å². The third kappa shape index (κ3) is 3.21. The van der Waals surface area contributed by atoms with Crippen molar-refractivity contribution in [2.24, 2.45) is 5.41 Å². The van der Waals surface area contributed by atoms with Gasteiger partial charge in [-0.2, -0.15) is 5.26 Å². The number of carbonyl (C=O) groups excluding carboxylic acids is 1. The molecule has 2 fully saturated rings. The van der Waals surface area contributed by atoms with Gasteiger partial charge in [-0.25, -0.2) is 4.98 Å². The van der Waals surface area contributed by atoms with Crippen molar-refractivity contribution in [1.29, 1.82) is 5.26 Å². The number of nitriles is 1. The number of aromatic nitrogens is 1. The van der Waals surface area contributed by atoms with E-state index in [-0.39, 0.29) is 11.3 Å². The number of pyridine rings is 1. The lowest BCUT2D eigenvalue weighted by Crippen LogP contribution is -2.51. The van der Waals surface area contributed by atoms with E-state index in [9.17, 15) is 10.1 Å². The van der Waals surface area contributed by atoms with Crippen LogP contribution < -0.4 is 4.90 Å². The van der Waals surface area contributed by atoms with E-state index in [0.29, 0.717) is 25.3 Å². The van der Waals surface area contributed by atoms with Gasteiger partial charge < -0.3 is 14.5 Å². The molecule has 1 spiro atoms. The number of hydrogen-bond donors (Lipinski definition) is 0. The predicted molar refractivity (Wildman–Crippen MR) is 95.4 cm³/mol. The summed E-state index contributed by atoms with van der Waals surface area (Å²) < 4.78 is 5.14. The third-order valence-electron chi connectivity index (χ3n) is 5.56. The molecule has 0 aromatic carbocycles. The molecular weight excluding hydrogens is 316 g/mol. The van der Waals surface area contributed by atoms with Crippen molar-refractivity contribution in [1.82, 2.24) is 9.88 Å². The van der Waals surface area contributed by atoms with Gasteiger partial charge in [0.1, 0.15) is 11.9 Å². The molecule has 134 valence electrons. The second-order valence-corrected chi connectivity index (χ2v) is 7.21. The topological polar surface area (TPSA) is 69.5 Å². The highest BCUT2D eigenvalue weighted by atomic mass is 16.5. The van der Waals surface area contributed by atoms with Crippen LogP contribution in [-0.2, 0) is 9.53 Å². The Morgan fingerprint density at radius 1 is 1.36 bits per heavy atom. The second kappa shape index (κ2) is 7.01. The maximum Gasteiger partial charge on any atom is 0.230 e. The van der Waals surface area contributed by atoms with Crippen LogP contribution >= 0.6 is 0 Å². The summed E-state index contributed by atoms with van der Waals surface area (Å²) in [7, 11) is 1.67. The zero-order valence-electron chi connectivity index (χ0n) is 15.3. The van der Waals surface area contributed by atoms with E-state index in [1.165, 1.54) is 0 Å². The minimum Gasteiger partial charge on any atom is -0.383 e. The van der Waals surface area contributed by atoms with Crippen molar-refractivity contribution < 1.29 is 9.53 Å². The monoisotopic (exact) mass is 342 g/mol. The Balaban J connectivity index is 1.79. The first kappa shape index (κ1) is 17.7. The molecule has 25 heavy (non-hydrogen) atoms. The molecule has 1 aromatic rings. The third-order valence-corrected chi connectivity index (χ3v) is 5.56. The molecular formula is C19H26N4O2. The van der Waals surface area contributed by atoms with Crippen LogP contribution in [0.3, 0.4) is 0 Å². The number of amides is 1. The van der Waals surface area contributed by atoms with Crippen LogP contribution in [-0.4, -0.2) is 55.7 Å². The van der Waals surface area contributed by atoms with Crippen LogP contribution in [0.15, 0.2) is 6.07 Å². The van der Waals surface area contributed by atoms with Crippen molar-refractivity contribution >= 4 is 11.7 Å². The van der Waals surface area contributed by atoms with Crippen LogP contribution in [0, 0.1) is 30.6 Å². The number of ether oxygens (including phenoxy) is 1. The summed E-state index contributed by atoms with van der Waals surface area (Å²) in [6, 6.07) is 4.19. The molecule has 6 nitrogen and oxygen atoms in total. The quantitative estimate of drug-likeness (QED) is 0.837. The van der Waals surface area contributed by atoms with Gasteiger partial charge in [-0.05, 0) is 44.7 Å². The molecule has 2 aliphatic rings. The Kier molecular flexibility index (Phi) is 4.96. The lowest BCUT2D eigenvalue weighted by atomic mass is 9.78. The summed E-state index contributed by atoms with van der Waals surface area (Å²) in [4.78, 5) is 21.8. The van der Waals surface area contributed by atoms with Gasteiger partial charge in [0.15, 0.2) is 0 Å². The maximum atomic E-state index is 13.0. The normalized spacial score (nSPS) is 23.4. The molecule has 2 saturated heterocycles. The van der Waals surface area contributed by atoms with E-state index in [2.05, 4.69) is 16.0 Å². The summed E-state index contributed by atoms with van der Waals surface area (Å²) in [6.45, 7) is 7.46. The van der Waals surface area contributed by atoms with E-state index in [1.807, 2.05) is 24.8 Å². The minimum absolute atomic E-state index is 0.264. The zero-order chi connectivity index (χ0) is 18.0. The van der Waals surface area contributed by atoms with Crippen LogP contribution in [0.4, 0.5) is 5.82 Å². The van der Waals surface area contributed by atoms with Crippen LogP contribution in [0.25, 0.3) is 0 Å². The van der Waals surface area contributed by atoms with E-state index < -0.39 is 0 Å². The molecule has 3 rings (SSSR count). The fraction of sp³-hybridized carbons (Fsp3) is 0.632. The van der Waals surface area contributed by atoms with Gasteiger partial charge in [-0.3, -0.25) is 4.79 Å². The molecule has 1 atom stereocenters. The number of carbonyl (C=O) groups is 1. The lowest BCUT2D eigenvalue weighted by Gasteiger charge is -2.39. The van der Waals surface area contributed by atoms with Gasteiger partial charge in [-0.15, -0.1) is 0 Å². The number of likely N-dealkylation sites (tertiary alicyclic amines) is 1. The van der Waals surface area contributed by atoms with Crippen LogP contribution in [0.5, 0.6) is 0 Å². The molecule has 3 heterocycles. The average molecular weight is 342 g/mol. The fourth-order valence-electron chi connectivity index (χ4n) is 4.16. The molecule has 2 aliphatic heterocycles. The number of piperidine rings is 1. The number of anilines is 1. The lowest BCUT2D eigenvalue weighted by molar-refractivity contribution is -0.145. The Morgan fingerprint density at radius 2 is 2.16 bits per heavy atom. The Bertz CT molecular complexity index is 689. The summed E-state index contributed by atoms with van der Waals surface area (Å²) in [6.07, 6.45) is 2.86. The highest BCUT2D eigenvalue weighted by Gasteiger charge is 2.48. The Labute approximate surface area is 149 Å². The van der Waals surface area contributed by atoms with Crippen molar-refractivity contribution in [2.45, 2.75) is 33.1 Å². The van der Waals surface area contributed by atoms with Crippen LogP contribution in [0.2, 0.25) is 0 Å². The van der Waals surface area contributed by atoms with Gasteiger partial charge in [0, 0.05) is 33.3 Å². The summed E-state index contributed by atoms with van der Waals surface area (Å²) in [5.41, 5.74) is 2.07. The zero-order valence-corrected chi connectivity index (χ0v) is 15.3. The van der Waals surface area contributed by atoms with Gasteiger partial charge in [-0.1, -0.05) is 0 Å². The molecule has 0 bridgehead atoms. The van der Waals surface area contributed by atoms with Gasteiger partial charge >= 0.3 is 0 Å². The van der Waals surface area contributed by atoms with Crippen LogP contribution in [0.1, 0.15) is 36.1 Å².